The molecule has 8 atom stereocenters. The fourth-order valence-corrected chi connectivity index (χ4v) is 17.0. The smallest absolute Gasteiger partial charge is 0.417 e. The van der Waals surface area contributed by atoms with E-state index in [0.29, 0.717) is 62.0 Å². The number of urea groups is 4. The van der Waals surface area contributed by atoms with Gasteiger partial charge in [-0.05, 0) is 182 Å². The number of pyridine rings is 4. The lowest BCUT2D eigenvalue weighted by atomic mass is 9.95. The molecule has 8 amide bonds. The first-order valence-corrected chi connectivity index (χ1v) is 36.1. The van der Waals surface area contributed by atoms with Crippen LogP contribution in [0.5, 0.6) is 0 Å². The zero-order valence-electron chi connectivity index (χ0n) is 58.4. The first-order valence-electron chi connectivity index (χ1n) is 34.6. The van der Waals surface area contributed by atoms with Crippen molar-refractivity contribution in [3.8, 4) is 0 Å². The number of methoxy groups -OCH3 is 3. The molecule has 0 aliphatic carbocycles. The van der Waals surface area contributed by atoms with Crippen molar-refractivity contribution in [1.82, 2.24) is 39.5 Å². The van der Waals surface area contributed by atoms with Crippen LogP contribution in [0.2, 0.25) is 20.1 Å². The van der Waals surface area contributed by atoms with Gasteiger partial charge in [0.25, 0.3) is 0 Å². The summed E-state index contributed by atoms with van der Waals surface area (Å²) in [7, 11) is 3.75. The van der Waals surface area contributed by atoms with Crippen LogP contribution in [0.3, 0.4) is 0 Å². The minimum atomic E-state index is -4.78. The molecular weight excluding hydrogens is 1530 g/mol. The lowest BCUT2D eigenvalue weighted by Gasteiger charge is -2.36. The van der Waals surface area contributed by atoms with Gasteiger partial charge in [-0.3, -0.25) is 19.2 Å². The second kappa shape index (κ2) is 31.5. The van der Waals surface area contributed by atoms with Gasteiger partial charge in [0.2, 0.25) is 22.2 Å². The number of anilines is 4. The number of hydrogen-bond acceptors (Lipinski definition) is 14. The number of aromatic nitrogens is 4. The van der Waals surface area contributed by atoms with Gasteiger partial charge in [-0.1, -0.05) is 46.4 Å². The lowest BCUT2D eigenvalue weighted by Crippen LogP contribution is -2.44. The number of esters is 3. The van der Waals surface area contributed by atoms with Crippen molar-refractivity contribution in [1.29, 1.82) is 0 Å². The summed E-state index contributed by atoms with van der Waals surface area (Å²) in [6, 6.07) is 16.4. The first kappa shape index (κ1) is 77.1. The van der Waals surface area contributed by atoms with Crippen LogP contribution in [0.4, 0.5) is 63.9 Å². The molecule has 4 aromatic carbocycles. The van der Waals surface area contributed by atoms with Gasteiger partial charge >= 0.3 is 48.2 Å². The SMILES string of the molecule is COC(=O)c1cc(NC(=O)N2C3CCC2c2c[nH]c(=O)cc2C3)c(F)cc1Cl.COC(=O)c1cc(NC(=O)N2C3CCC2c2c[nH]c(=O)cc2C3)ccc1Cl.COC(=O)c1ccc(NC(=O)N2C3CCC2c2c[nH]c(=O)cc2C3)cc1Cl.O=C(Nc1cc(C(F)(F)F)c(Cl)cc1F)N1C2CCC1c1c[nH]c(=O)cc1C2. The molecule has 26 nitrogen and oxygen atoms in total. The van der Waals surface area contributed by atoms with E-state index in [2.05, 4.69) is 50.7 Å². The van der Waals surface area contributed by atoms with Crippen molar-refractivity contribution < 1.29 is 69.7 Å². The van der Waals surface area contributed by atoms with Gasteiger partial charge in [0, 0.05) is 84.6 Å². The number of amides is 8. The summed E-state index contributed by atoms with van der Waals surface area (Å²) in [5.41, 5.74) is 6.24. The highest BCUT2D eigenvalue weighted by Gasteiger charge is 2.47. The highest BCUT2D eigenvalue weighted by atomic mass is 35.5. The third kappa shape index (κ3) is 15.6. The molecule has 574 valence electrons. The number of halogens is 9. The number of fused-ring (bicyclic) bond motifs is 16. The summed E-state index contributed by atoms with van der Waals surface area (Å²) >= 11 is 23.5. The number of carbonyl (C=O) groups excluding carboxylic acids is 7. The summed E-state index contributed by atoms with van der Waals surface area (Å²) in [4.78, 5) is 150. The lowest BCUT2D eigenvalue weighted by molar-refractivity contribution is -0.137. The third-order valence-corrected chi connectivity index (χ3v) is 22.2. The fraction of sp³-hybridized carbons (Fsp3) is 0.320. The normalized spacial score (nSPS) is 20.3. The van der Waals surface area contributed by atoms with E-state index in [0.717, 1.165) is 89.1 Å². The summed E-state index contributed by atoms with van der Waals surface area (Å²) in [5.74, 6) is -3.62. The average Bonchev–Trinajstić information content (AvgIpc) is 1.60. The summed E-state index contributed by atoms with van der Waals surface area (Å²) in [6.45, 7) is 0. The Morgan fingerprint density at radius 2 is 0.709 bits per heavy atom. The number of aromatic amines is 4. The number of benzene rings is 4. The van der Waals surface area contributed by atoms with Crippen LogP contribution in [-0.4, -0.2) is 127 Å². The molecule has 4 saturated heterocycles. The van der Waals surface area contributed by atoms with E-state index in [1.807, 2.05) is 9.80 Å². The van der Waals surface area contributed by atoms with E-state index in [4.69, 9.17) is 51.1 Å². The number of hydrogen-bond donors (Lipinski definition) is 8. The molecule has 35 heteroatoms. The van der Waals surface area contributed by atoms with Crippen LogP contribution in [0.25, 0.3) is 0 Å². The van der Waals surface area contributed by atoms with Gasteiger partial charge in [-0.25, -0.2) is 42.3 Å². The minimum absolute atomic E-state index is 0.0367. The maximum atomic E-state index is 14.3. The first-order chi connectivity index (χ1) is 52.5. The van der Waals surface area contributed by atoms with Gasteiger partial charge in [-0.15, -0.1) is 0 Å². The van der Waals surface area contributed by atoms with Crippen molar-refractivity contribution in [2.45, 2.75) is 132 Å². The maximum absolute atomic E-state index is 14.3. The van der Waals surface area contributed by atoms with Gasteiger partial charge in [0.15, 0.2) is 0 Å². The van der Waals surface area contributed by atoms with Crippen LogP contribution in [0.1, 0.15) is 157 Å². The van der Waals surface area contributed by atoms with Crippen molar-refractivity contribution in [3.63, 3.8) is 0 Å². The molecule has 8 aliphatic heterocycles. The van der Waals surface area contributed by atoms with Crippen molar-refractivity contribution in [2.75, 3.05) is 42.6 Å². The molecule has 8 bridgehead atoms. The van der Waals surface area contributed by atoms with Crippen molar-refractivity contribution in [3.05, 3.63) is 250 Å². The molecule has 8 N–H and O–H groups in total. The Kier molecular flexibility index (Phi) is 22.1. The molecule has 4 fully saturated rings. The van der Waals surface area contributed by atoms with Gasteiger partial charge in [0.1, 0.15) is 11.6 Å². The largest absolute Gasteiger partial charge is 0.465 e. The average molecular weight is 1600 g/mol. The third-order valence-electron chi connectivity index (χ3n) is 20.9. The Morgan fingerprint density at radius 3 is 1.07 bits per heavy atom. The molecule has 110 heavy (non-hydrogen) atoms. The van der Waals surface area contributed by atoms with Crippen LogP contribution < -0.4 is 43.5 Å². The maximum Gasteiger partial charge on any atom is 0.417 e. The fourth-order valence-electron chi connectivity index (χ4n) is 16.1. The number of carbonyl (C=O) groups is 7. The van der Waals surface area contributed by atoms with Crippen LogP contribution in [0.15, 0.2) is 129 Å². The molecule has 4 aromatic heterocycles. The zero-order valence-corrected chi connectivity index (χ0v) is 61.4. The number of H-pyrrole nitrogens is 4. The molecule has 12 heterocycles. The Labute approximate surface area is 640 Å². The Bertz CT molecular complexity index is 5330. The second-order valence-electron chi connectivity index (χ2n) is 27.3. The van der Waals surface area contributed by atoms with Crippen molar-refractivity contribution >= 4 is 111 Å². The second-order valence-corrected chi connectivity index (χ2v) is 28.9. The molecule has 0 spiro atoms. The Balaban J connectivity index is 0.000000129. The minimum Gasteiger partial charge on any atom is -0.465 e. The number of rotatable bonds is 7. The highest BCUT2D eigenvalue weighted by molar-refractivity contribution is 6.35. The highest BCUT2D eigenvalue weighted by Crippen LogP contribution is 2.48. The number of nitrogens with zero attached hydrogens (tertiary/aromatic N) is 4. The van der Waals surface area contributed by atoms with E-state index in [9.17, 15) is 74.7 Å². The monoisotopic (exact) mass is 1590 g/mol. The zero-order chi connectivity index (χ0) is 78.5. The summed E-state index contributed by atoms with van der Waals surface area (Å²) in [6.07, 6.45) is 10.6. The Morgan fingerprint density at radius 1 is 0.391 bits per heavy atom. The molecular formula is C75H67Cl4F5N12O14. The molecule has 16 rings (SSSR count). The Hall–Kier alpha value is -11.0. The van der Waals surface area contributed by atoms with E-state index >= 15 is 0 Å². The molecule has 8 aliphatic rings. The molecule has 0 radical (unpaired) electrons. The van der Waals surface area contributed by atoms with E-state index in [1.54, 1.807) is 66.1 Å². The molecule has 8 aromatic rings. The summed E-state index contributed by atoms with van der Waals surface area (Å²) in [5, 5.41) is 10.1. The quantitative estimate of drug-likeness (QED) is 0.0418. The van der Waals surface area contributed by atoms with Gasteiger partial charge in [0.05, 0.1) is 99.2 Å². The van der Waals surface area contributed by atoms with Gasteiger partial charge < -0.3 is 75.0 Å². The van der Waals surface area contributed by atoms with Gasteiger partial charge in [-0.2, -0.15) is 13.2 Å². The molecule has 8 unspecified atom stereocenters. The topological polar surface area (TPSA) is 340 Å². The van der Waals surface area contributed by atoms with E-state index in [-0.39, 0.29) is 120 Å². The summed E-state index contributed by atoms with van der Waals surface area (Å²) < 4.78 is 81.5. The van der Waals surface area contributed by atoms with Crippen LogP contribution in [-0.2, 0) is 46.1 Å². The van der Waals surface area contributed by atoms with Crippen LogP contribution in [0, 0.1) is 11.6 Å². The van der Waals surface area contributed by atoms with E-state index < -0.39 is 64.1 Å². The van der Waals surface area contributed by atoms with Crippen molar-refractivity contribution in [2.24, 2.45) is 0 Å². The number of ether oxygens (including phenoxy) is 3. The standard InChI is InChI=1S/C19H17ClFN3O4.2C19H18ClN3O4.C18H14ClF4N3O2/c1-28-18(26)11-6-15(14(21)7-13(11)20)23-19(27)24-10-2-3-16(24)12-8-22-17(25)5-9(12)4-10;1-27-18(25)13-8-11(2-4-15(13)20)22-19(26)23-12-3-5-16(23)14-9-21-17(24)7-10(14)6-12;1-27-18(25)13-4-2-11(8-15(13)20)22-19(26)23-12-3-5-16(23)14-9-21-17(24)7-10(14)6-12;19-12-6-13(20)14(5-11(12)18(21,22)23)25-17(28)26-9-1-2-15(26)10-7-24-16(27)4-8(10)3-9/h5-8,10,16H,2-4H2,1H3,(H,22,25)(H,23,27);2*2,4,7-9,12,16H,3,5-6H2,1H3,(H,21,24)(H,22,26);4-7,9,15H,1-3H2,(H,24,27)(H,25,28). The molecule has 0 saturated carbocycles. The van der Waals surface area contributed by atoms with Crippen LogP contribution >= 0.6 is 46.4 Å². The van der Waals surface area contributed by atoms with E-state index in [1.165, 1.54) is 56.6 Å². The number of nitrogens with one attached hydrogen (secondary N) is 8. The predicted molar refractivity (Wildman–Crippen MR) is 394 cm³/mol. The predicted octanol–water partition coefficient (Wildman–Crippen LogP) is 13.9. The number of alkyl halides is 3.